The lowest BCUT2D eigenvalue weighted by molar-refractivity contribution is 0.548. The zero-order chi connectivity index (χ0) is 14.7. The fourth-order valence-corrected chi connectivity index (χ4v) is 3.69. The normalized spacial score (nSPS) is 15.0. The predicted molar refractivity (Wildman–Crippen MR) is 92.7 cm³/mol. The van der Waals surface area contributed by atoms with Crippen molar-refractivity contribution in [2.45, 2.75) is 38.6 Å². The van der Waals surface area contributed by atoms with Gasteiger partial charge in [-0.15, -0.1) is 0 Å². The van der Waals surface area contributed by atoms with Gasteiger partial charge < -0.3 is 5.32 Å². The molecule has 0 amide bonds. The molecule has 1 nitrogen and oxygen atoms in total. The molecular formula is C19H22BrN. The molecule has 1 N–H and O–H groups in total. The van der Waals surface area contributed by atoms with Crippen LogP contribution in [0, 0.1) is 0 Å². The van der Waals surface area contributed by atoms with Crippen molar-refractivity contribution in [2.75, 3.05) is 6.54 Å². The van der Waals surface area contributed by atoms with E-state index in [9.17, 15) is 0 Å². The third kappa shape index (κ3) is 3.38. The van der Waals surface area contributed by atoms with Crippen LogP contribution < -0.4 is 5.32 Å². The summed E-state index contributed by atoms with van der Waals surface area (Å²) in [5, 5.41) is 3.64. The number of rotatable bonds is 5. The minimum Gasteiger partial charge on any atom is -0.310 e. The summed E-state index contributed by atoms with van der Waals surface area (Å²) in [6.07, 6.45) is 4.84. The molecule has 0 spiro atoms. The number of fused-ring (bicyclic) bond motifs is 1. The molecule has 0 aromatic heterocycles. The van der Waals surface area contributed by atoms with Crippen molar-refractivity contribution in [1.82, 2.24) is 5.32 Å². The highest BCUT2D eigenvalue weighted by atomic mass is 79.9. The summed E-state index contributed by atoms with van der Waals surface area (Å²) in [4.78, 5) is 0. The van der Waals surface area contributed by atoms with E-state index in [4.69, 9.17) is 0 Å². The van der Waals surface area contributed by atoms with Gasteiger partial charge in [-0.05, 0) is 60.5 Å². The van der Waals surface area contributed by atoms with Crippen molar-refractivity contribution in [3.05, 3.63) is 69.2 Å². The minimum atomic E-state index is 0.389. The molecule has 1 aliphatic rings. The highest BCUT2D eigenvalue weighted by Crippen LogP contribution is 2.28. The van der Waals surface area contributed by atoms with Gasteiger partial charge in [-0.3, -0.25) is 0 Å². The van der Waals surface area contributed by atoms with Crippen molar-refractivity contribution in [3.8, 4) is 0 Å². The van der Waals surface area contributed by atoms with Crippen LogP contribution in [0.15, 0.2) is 46.9 Å². The van der Waals surface area contributed by atoms with E-state index in [-0.39, 0.29) is 0 Å². The maximum Gasteiger partial charge on any atom is 0.0361 e. The summed E-state index contributed by atoms with van der Waals surface area (Å²) in [5.41, 5.74) is 5.90. The maximum atomic E-state index is 3.67. The number of halogens is 1. The van der Waals surface area contributed by atoms with Gasteiger partial charge >= 0.3 is 0 Å². The highest BCUT2D eigenvalue weighted by molar-refractivity contribution is 9.10. The first kappa shape index (κ1) is 14.8. The molecule has 1 aliphatic carbocycles. The quantitative estimate of drug-likeness (QED) is 0.819. The predicted octanol–water partition coefficient (Wildman–Crippen LogP) is 4.83. The molecule has 2 heteroatoms. The number of benzene rings is 2. The van der Waals surface area contributed by atoms with Crippen molar-refractivity contribution in [3.63, 3.8) is 0 Å². The molecule has 0 bridgehead atoms. The molecule has 0 aliphatic heterocycles. The second-order valence-electron chi connectivity index (χ2n) is 5.79. The highest BCUT2D eigenvalue weighted by Gasteiger charge is 2.16. The molecule has 1 atom stereocenters. The first-order valence-corrected chi connectivity index (χ1v) is 8.65. The molecule has 21 heavy (non-hydrogen) atoms. The molecule has 0 saturated heterocycles. The second-order valence-corrected chi connectivity index (χ2v) is 6.64. The summed E-state index contributed by atoms with van der Waals surface area (Å²) in [6, 6.07) is 16.0. The Bertz CT molecular complexity index is 621. The Morgan fingerprint density at radius 3 is 2.71 bits per heavy atom. The van der Waals surface area contributed by atoms with Gasteiger partial charge in [0, 0.05) is 10.5 Å². The lowest BCUT2D eigenvalue weighted by Gasteiger charge is -2.20. The van der Waals surface area contributed by atoms with E-state index in [0.29, 0.717) is 6.04 Å². The first-order valence-electron chi connectivity index (χ1n) is 7.86. The molecule has 1 unspecified atom stereocenters. The molecule has 0 saturated carbocycles. The molecular weight excluding hydrogens is 322 g/mol. The van der Waals surface area contributed by atoms with Crippen LogP contribution >= 0.6 is 15.9 Å². The van der Waals surface area contributed by atoms with Gasteiger partial charge in [-0.2, -0.15) is 0 Å². The molecule has 2 aromatic rings. The summed E-state index contributed by atoms with van der Waals surface area (Å²) < 4.78 is 1.20. The van der Waals surface area contributed by atoms with E-state index >= 15 is 0 Å². The van der Waals surface area contributed by atoms with Crippen molar-refractivity contribution >= 4 is 15.9 Å². The Balaban J connectivity index is 1.86. The summed E-state index contributed by atoms with van der Waals surface area (Å²) in [6.45, 7) is 3.17. The SMILES string of the molecule is CCNC(Cc1ccccc1Br)c1ccc2c(c1)CCC2. The van der Waals surface area contributed by atoms with Gasteiger partial charge in [-0.1, -0.05) is 59.3 Å². The van der Waals surface area contributed by atoms with Crippen LogP contribution in [-0.4, -0.2) is 6.54 Å². The average Bonchev–Trinajstić information content (AvgIpc) is 2.96. The van der Waals surface area contributed by atoms with Crippen LogP contribution in [-0.2, 0) is 19.3 Å². The molecule has 0 fully saturated rings. The monoisotopic (exact) mass is 343 g/mol. The van der Waals surface area contributed by atoms with Crippen molar-refractivity contribution in [2.24, 2.45) is 0 Å². The van der Waals surface area contributed by atoms with Crippen LogP contribution in [0.2, 0.25) is 0 Å². The first-order chi connectivity index (χ1) is 10.3. The Hall–Kier alpha value is -1.12. The molecule has 3 rings (SSSR count). The number of likely N-dealkylation sites (N-methyl/N-ethyl adjacent to an activating group) is 1. The van der Waals surface area contributed by atoms with E-state index in [1.54, 1.807) is 11.1 Å². The van der Waals surface area contributed by atoms with Crippen LogP contribution in [0.4, 0.5) is 0 Å². The number of nitrogens with one attached hydrogen (secondary N) is 1. The van der Waals surface area contributed by atoms with Crippen LogP contribution in [0.3, 0.4) is 0 Å². The Labute approximate surface area is 135 Å². The molecule has 0 radical (unpaired) electrons. The Morgan fingerprint density at radius 2 is 1.90 bits per heavy atom. The largest absolute Gasteiger partial charge is 0.310 e. The average molecular weight is 344 g/mol. The minimum absolute atomic E-state index is 0.389. The number of aryl methyl sites for hydroxylation is 2. The van der Waals surface area contributed by atoms with Gasteiger partial charge in [0.2, 0.25) is 0 Å². The van der Waals surface area contributed by atoms with Crippen LogP contribution in [0.5, 0.6) is 0 Å². The van der Waals surface area contributed by atoms with E-state index in [1.165, 1.54) is 34.9 Å². The second kappa shape index (κ2) is 6.76. The molecule has 2 aromatic carbocycles. The number of hydrogen-bond donors (Lipinski definition) is 1. The molecule has 110 valence electrons. The standard InChI is InChI=1S/C19H22BrN/c1-2-21-19(13-16-6-3-4-9-18(16)20)17-11-10-14-7-5-8-15(14)12-17/h3-4,6,9-12,19,21H,2,5,7-8,13H2,1H3. The lowest BCUT2D eigenvalue weighted by atomic mass is 9.96. The van der Waals surface area contributed by atoms with E-state index in [1.807, 2.05) is 0 Å². The summed E-state index contributed by atoms with van der Waals surface area (Å²) >= 11 is 3.67. The van der Waals surface area contributed by atoms with Crippen LogP contribution in [0.25, 0.3) is 0 Å². The molecule has 0 heterocycles. The van der Waals surface area contributed by atoms with Gasteiger partial charge in [-0.25, -0.2) is 0 Å². The van der Waals surface area contributed by atoms with Gasteiger partial charge in [0.05, 0.1) is 0 Å². The Morgan fingerprint density at radius 1 is 1.10 bits per heavy atom. The summed E-state index contributed by atoms with van der Waals surface area (Å²) in [7, 11) is 0. The topological polar surface area (TPSA) is 12.0 Å². The fraction of sp³-hybridized carbons (Fsp3) is 0.368. The number of hydrogen-bond acceptors (Lipinski definition) is 1. The van der Waals surface area contributed by atoms with Crippen molar-refractivity contribution in [1.29, 1.82) is 0 Å². The zero-order valence-corrected chi connectivity index (χ0v) is 14.1. The smallest absolute Gasteiger partial charge is 0.0361 e. The van der Waals surface area contributed by atoms with E-state index < -0.39 is 0 Å². The lowest BCUT2D eigenvalue weighted by Crippen LogP contribution is -2.23. The maximum absolute atomic E-state index is 3.67. The third-order valence-corrected chi connectivity index (χ3v) is 5.13. The van der Waals surface area contributed by atoms with Gasteiger partial charge in [0.25, 0.3) is 0 Å². The fourth-order valence-electron chi connectivity index (χ4n) is 3.25. The van der Waals surface area contributed by atoms with Crippen LogP contribution in [0.1, 0.15) is 41.6 Å². The van der Waals surface area contributed by atoms with Gasteiger partial charge in [0.15, 0.2) is 0 Å². The van der Waals surface area contributed by atoms with E-state index in [0.717, 1.165) is 13.0 Å². The summed E-state index contributed by atoms with van der Waals surface area (Å²) in [5.74, 6) is 0. The Kier molecular flexibility index (Phi) is 4.77. The third-order valence-electron chi connectivity index (χ3n) is 4.36. The van der Waals surface area contributed by atoms with Crippen molar-refractivity contribution < 1.29 is 0 Å². The van der Waals surface area contributed by atoms with E-state index in [2.05, 4.69) is 70.6 Å². The zero-order valence-electron chi connectivity index (χ0n) is 12.5. The van der Waals surface area contributed by atoms with Gasteiger partial charge in [0.1, 0.15) is 0 Å².